The van der Waals surface area contributed by atoms with Gasteiger partial charge in [-0.05, 0) is 50.7 Å². The van der Waals surface area contributed by atoms with E-state index in [1.165, 1.54) is 0 Å². The smallest absolute Gasteiger partial charge is 0.295 e. The highest BCUT2D eigenvalue weighted by Gasteiger charge is 2.45. The standard InChI is InChI=1S/C26H32N2O4/c1-5-27(6-2)16-7-17-28-23(19-12-14-21(32-4)15-13-19)22(25(30)26(28)31)24(29)20-10-8-18(3)9-11-20/h8-15,23,29H,5-7,16-17H2,1-4H3. The third-order valence-corrected chi connectivity index (χ3v) is 6.06. The second-order valence-corrected chi connectivity index (χ2v) is 8.01. The number of aliphatic hydroxyl groups is 1. The molecule has 0 spiro atoms. The van der Waals surface area contributed by atoms with Gasteiger partial charge in [0.2, 0.25) is 0 Å². The first kappa shape index (κ1) is 23.5. The molecule has 1 aliphatic heterocycles. The first-order chi connectivity index (χ1) is 15.4. The fraction of sp³-hybridized carbons (Fsp3) is 0.385. The van der Waals surface area contributed by atoms with Crippen LogP contribution < -0.4 is 4.74 Å². The highest BCUT2D eigenvalue weighted by atomic mass is 16.5. The lowest BCUT2D eigenvalue weighted by molar-refractivity contribution is -0.140. The van der Waals surface area contributed by atoms with Crippen molar-refractivity contribution in [1.29, 1.82) is 0 Å². The van der Waals surface area contributed by atoms with Gasteiger partial charge in [-0.25, -0.2) is 0 Å². The fourth-order valence-corrected chi connectivity index (χ4v) is 4.11. The highest BCUT2D eigenvalue weighted by Crippen LogP contribution is 2.39. The van der Waals surface area contributed by atoms with Crippen LogP contribution in [0.25, 0.3) is 5.76 Å². The van der Waals surface area contributed by atoms with Gasteiger partial charge in [-0.15, -0.1) is 0 Å². The van der Waals surface area contributed by atoms with Gasteiger partial charge in [0.15, 0.2) is 0 Å². The van der Waals surface area contributed by atoms with Crippen molar-refractivity contribution in [3.63, 3.8) is 0 Å². The van der Waals surface area contributed by atoms with Gasteiger partial charge in [0, 0.05) is 12.1 Å². The quantitative estimate of drug-likeness (QED) is 0.363. The first-order valence-electron chi connectivity index (χ1n) is 11.1. The molecule has 0 aromatic heterocycles. The molecule has 170 valence electrons. The van der Waals surface area contributed by atoms with Crippen LogP contribution in [0.1, 0.15) is 43.0 Å². The highest BCUT2D eigenvalue weighted by molar-refractivity contribution is 6.46. The second kappa shape index (κ2) is 10.5. The minimum atomic E-state index is -0.647. The molecule has 6 nitrogen and oxygen atoms in total. The van der Waals surface area contributed by atoms with Crippen LogP contribution in [0.5, 0.6) is 5.75 Å². The molecular formula is C26H32N2O4. The predicted octanol–water partition coefficient (Wildman–Crippen LogP) is 4.16. The number of methoxy groups -OCH3 is 1. The van der Waals surface area contributed by atoms with Gasteiger partial charge >= 0.3 is 0 Å². The van der Waals surface area contributed by atoms with Crippen molar-refractivity contribution in [2.75, 3.05) is 33.3 Å². The number of benzene rings is 2. The zero-order chi connectivity index (χ0) is 23.3. The monoisotopic (exact) mass is 436 g/mol. The third-order valence-electron chi connectivity index (χ3n) is 6.06. The first-order valence-corrected chi connectivity index (χ1v) is 11.1. The number of likely N-dealkylation sites (tertiary alicyclic amines) is 1. The number of aryl methyl sites for hydroxylation is 1. The van der Waals surface area contributed by atoms with Crippen molar-refractivity contribution >= 4 is 17.4 Å². The van der Waals surface area contributed by atoms with E-state index in [1.54, 1.807) is 36.3 Å². The van der Waals surface area contributed by atoms with Crippen LogP contribution in [0, 0.1) is 6.92 Å². The summed E-state index contributed by atoms with van der Waals surface area (Å²) in [5, 5.41) is 11.1. The van der Waals surface area contributed by atoms with Gasteiger partial charge in [-0.3, -0.25) is 9.59 Å². The average Bonchev–Trinajstić information content (AvgIpc) is 3.07. The number of aliphatic hydroxyl groups excluding tert-OH is 1. The molecule has 0 saturated carbocycles. The van der Waals surface area contributed by atoms with E-state index in [2.05, 4.69) is 18.7 Å². The zero-order valence-electron chi connectivity index (χ0n) is 19.3. The molecule has 3 rings (SSSR count). The molecule has 1 fully saturated rings. The topological polar surface area (TPSA) is 70.1 Å². The van der Waals surface area contributed by atoms with Crippen LogP contribution in [0.4, 0.5) is 0 Å². The number of ether oxygens (including phenoxy) is 1. The molecule has 2 aromatic rings. The number of nitrogens with zero attached hydrogens (tertiary/aromatic N) is 2. The Morgan fingerprint density at radius 3 is 2.22 bits per heavy atom. The summed E-state index contributed by atoms with van der Waals surface area (Å²) >= 11 is 0. The van der Waals surface area contributed by atoms with Crippen LogP contribution in [0.15, 0.2) is 54.1 Å². The van der Waals surface area contributed by atoms with E-state index in [4.69, 9.17) is 4.74 Å². The summed E-state index contributed by atoms with van der Waals surface area (Å²) in [5.74, 6) is -0.674. The molecule has 1 aliphatic rings. The van der Waals surface area contributed by atoms with E-state index >= 15 is 0 Å². The lowest BCUT2D eigenvalue weighted by Gasteiger charge is -2.27. The Bertz CT molecular complexity index is 976. The van der Waals surface area contributed by atoms with Gasteiger partial charge in [0.25, 0.3) is 11.7 Å². The summed E-state index contributed by atoms with van der Waals surface area (Å²) in [7, 11) is 1.59. The van der Waals surface area contributed by atoms with Crippen molar-refractivity contribution in [2.45, 2.75) is 33.2 Å². The van der Waals surface area contributed by atoms with Gasteiger partial charge in [0.1, 0.15) is 11.5 Å². The third kappa shape index (κ3) is 4.86. The van der Waals surface area contributed by atoms with E-state index in [0.717, 1.165) is 37.2 Å². The van der Waals surface area contributed by atoms with Crippen LogP contribution in [-0.2, 0) is 9.59 Å². The molecule has 2 aromatic carbocycles. The maximum Gasteiger partial charge on any atom is 0.295 e. The van der Waals surface area contributed by atoms with Crippen LogP contribution in [-0.4, -0.2) is 59.9 Å². The Hall–Kier alpha value is -3.12. The maximum atomic E-state index is 13.1. The Kier molecular flexibility index (Phi) is 7.70. The number of Topliss-reactive ketones (excluding diaryl/α,β-unsaturated/α-hetero) is 1. The average molecular weight is 437 g/mol. The molecule has 1 atom stereocenters. The van der Waals surface area contributed by atoms with Gasteiger partial charge in [0.05, 0.1) is 18.7 Å². The Balaban J connectivity index is 2.01. The van der Waals surface area contributed by atoms with Gasteiger partial charge in [-0.1, -0.05) is 55.8 Å². The van der Waals surface area contributed by atoms with Crippen molar-refractivity contribution in [3.8, 4) is 5.75 Å². The number of hydrogen-bond donors (Lipinski definition) is 1. The summed E-state index contributed by atoms with van der Waals surface area (Å²) < 4.78 is 5.26. The van der Waals surface area contributed by atoms with E-state index in [1.807, 2.05) is 31.2 Å². The number of carbonyl (C=O) groups excluding carboxylic acids is 2. The number of hydrogen-bond acceptors (Lipinski definition) is 5. The zero-order valence-corrected chi connectivity index (χ0v) is 19.3. The van der Waals surface area contributed by atoms with Crippen molar-refractivity contribution in [3.05, 3.63) is 70.8 Å². The molecule has 0 aliphatic carbocycles. The van der Waals surface area contributed by atoms with E-state index in [9.17, 15) is 14.7 Å². The lowest BCUT2D eigenvalue weighted by atomic mass is 9.95. The number of carbonyl (C=O) groups is 2. The Morgan fingerprint density at radius 2 is 1.66 bits per heavy atom. The van der Waals surface area contributed by atoms with Crippen LogP contribution in [0.2, 0.25) is 0 Å². The Morgan fingerprint density at radius 1 is 1.03 bits per heavy atom. The lowest BCUT2D eigenvalue weighted by Crippen LogP contribution is -2.33. The minimum absolute atomic E-state index is 0.131. The molecular weight excluding hydrogens is 404 g/mol. The number of amides is 1. The summed E-state index contributed by atoms with van der Waals surface area (Å²) in [6.45, 7) is 9.31. The van der Waals surface area contributed by atoms with E-state index < -0.39 is 17.7 Å². The molecule has 6 heteroatoms. The SMILES string of the molecule is CCN(CC)CCCN1C(=O)C(=O)C(=C(O)c2ccc(C)cc2)C1c1ccc(OC)cc1. The molecule has 0 bridgehead atoms. The molecule has 0 radical (unpaired) electrons. The normalized spacial score (nSPS) is 17.9. The molecule has 1 N–H and O–H groups in total. The summed E-state index contributed by atoms with van der Waals surface area (Å²) in [6, 6.07) is 13.9. The van der Waals surface area contributed by atoms with Gasteiger partial charge in [-0.2, -0.15) is 0 Å². The van der Waals surface area contributed by atoms with Crippen molar-refractivity contribution in [2.24, 2.45) is 0 Å². The molecule has 1 unspecified atom stereocenters. The number of ketones is 1. The van der Waals surface area contributed by atoms with Gasteiger partial charge < -0.3 is 19.6 Å². The maximum absolute atomic E-state index is 13.1. The fourth-order valence-electron chi connectivity index (χ4n) is 4.11. The van der Waals surface area contributed by atoms with Crippen molar-refractivity contribution in [1.82, 2.24) is 9.80 Å². The van der Waals surface area contributed by atoms with Crippen molar-refractivity contribution < 1.29 is 19.4 Å². The van der Waals surface area contributed by atoms with Crippen LogP contribution >= 0.6 is 0 Å². The minimum Gasteiger partial charge on any atom is -0.507 e. The molecule has 1 saturated heterocycles. The molecule has 1 amide bonds. The summed E-state index contributed by atoms with van der Waals surface area (Å²) in [5.41, 5.74) is 2.47. The second-order valence-electron chi connectivity index (χ2n) is 8.01. The van der Waals surface area contributed by atoms with Crippen LogP contribution in [0.3, 0.4) is 0 Å². The van der Waals surface area contributed by atoms with E-state index in [0.29, 0.717) is 17.9 Å². The molecule has 1 heterocycles. The van der Waals surface area contributed by atoms with E-state index in [-0.39, 0.29) is 11.3 Å². The predicted molar refractivity (Wildman–Crippen MR) is 126 cm³/mol. The molecule has 32 heavy (non-hydrogen) atoms. The summed E-state index contributed by atoms with van der Waals surface area (Å²) in [6.07, 6.45) is 0.742. The Labute approximate surface area is 190 Å². The summed E-state index contributed by atoms with van der Waals surface area (Å²) in [4.78, 5) is 30.0. The largest absolute Gasteiger partial charge is 0.507 e. The number of rotatable bonds is 9.